The van der Waals surface area contributed by atoms with Gasteiger partial charge in [0.05, 0.1) is 12.4 Å². The third kappa shape index (κ3) is 7.27. The first-order chi connectivity index (χ1) is 9.58. The van der Waals surface area contributed by atoms with Crippen LogP contribution in [0.2, 0.25) is 0 Å². The molecule has 1 aromatic heterocycles. The van der Waals surface area contributed by atoms with Crippen LogP contribution in [-0.2, 0) is 11.3 Å². The molecule has 1 unspecified atom stereocenters. The van der Waals surface area contributed by atoms with E-state index in [4.69, 9.17) is 0 Å². The molecule has 1 heterocycles. The second-order valence-corrected chi connectivity index (χ2v) is 7.67. The number of hydrogen-bond donors (Lipinski definition) is 2. The lowest BCUT2D eigenvalue weighted by atomic mass is 9.86. The van der Waals surface area contributed by atoms with E-state index in [9.17, 15) is 4.79 Å². The first-order valence-electron chi connectivity index (χ1n) is 7.58. The van der Waals surface area contributed by atoms with Gasteiger partial charge in [-0.1, -0.05) is 20.8 Å². The molecule has 2 N–H and O–H groups in total. The van der Waals surface area contributed by atoms with Crippen molar-refractivity contribution in [1.82, 2.24) is 20.2 Å². The SMILES string of the molecule is CC(C)(C)NCCC(=O)NC(Cn1ccnc1)C(C)(C)C. The Morgan fingerprint density at radius 1 is 1.24 bits per heavy atom. The monoisotopic (exact) mass is 294 g/mol. The first-order valence-corrected chi connectivity index (χ1v) is 7.58. The predicted octanol–water partition coefficient (Wildman–Crippen LogP) is 2.19. The molecule has 120 valence electrons. The zero-order valence-corrected chi connectivity index (χ0v) is 14.2. The molecule has 5 nitrogen and oxygen atoms in total. The van der Waals surface area contributed by atoms with Crippen LogP contribution >= 0.6 is 0 Å². The lowest BCUT2D eigenvalue weighted by Gasteiger charge is -2.32. The second kappa shape index (κ2) is 7.07. The summed E-state index contributed by atoms with van der Waals surface area (Å²) in [6.45, 7) is 14.2. The maximum absolute atomic E-state index is 12.1. The van der Waals surface area contributed by atoms with Gasteiger partial charge in [-0.2, -0.15) is 0 Å². The molecule has 0 saturated heterocycles. The number of hydrogen-bond acceptors (Lipinski definition) is 3. The third-order valence-corrected chi connectivity index (χ3v) is 3.34. The molecule has 0 aliphatic heterocycles. The Kier molecular flexibility index (Phi) is 5.96. The van der Waals surface area contributed by atoms with Crippen LogP contribution in [0.5, 0.6) is 0 Å². The summed E-state index contributed by atoms with van der Waals surface area (Å²) in [5, 5.41) is 6.49. The summed E-state index contributed by atoms with van der Waals surface area (Å²) in [5.74, 6) is 0.0896. The fourth-order valence-electron chi connectivity index (χ4n) is 1.96. The van der Waals surface area contributed by atoms with Crippen molar-refractivity contribution in [3.05, 3.63) is 18.7 Å². The van der Waals surface area contributed by atoms with Gasteiger partial charge in [0.15, 0.2) is 0 Å². The Hall–Kier alpha value is -1.36. The van der Waals surface area contributed by atoms with Crippen molar-refractivity contribution in [2.24, 2.45) is 5.41 Å². The average Bonchev–Trinajstić information content (AvgIpc) is 2.77. The normalized spacial score (nSPS) is 14.0. The maximum atomic E-state index is 12.1. The molecular weight excluding hydrogens is 264 g/mol. The van der Waals surface area contributed by atoms with Crippen LogP contribution in [0.25, 0.3) is 0 Å². The summed E-state index contributed by atoms with van der Waals surface area (Å²) in [4.78, 5) is 16.2. The van der Waals surface area contributed by atoms with Gasteiger partial charge in [0.25, 0.3) is 0 Å². The summed E-state index contributed by atoms with van der Waals surface area (Å²) < 4.78 is 2.00. The predicted molar refractivity (Wildman–Crippen MR) is 86.0 cm³/mol. The summed E-state index contributed by atoms with van der Waals surface area (Å²) in [7, 11) is 0. The van der Waals surface area contributed by atoms with Crippen LogP contribution in [0, 0.1) is 5.41 Å². The molecule has 5 heteroatoms. The van der Waals surface area contributed by atoms with E-state index in [1.807, 2.05) is 10.8 Å². The second-order valence-electron chi connectivity index (χ2n) is 7.67. The van der Waals surface area contributed by atoms with Crippen molar-refractivity contribution in [1.29, 1.82) is 0 Å². The molecule has 0 fully saturated rings. The summed E-state index contributed by atoms with van der Waals surface area (Å²) in [6.07, 6.45) is 5.96. The van der Waals surface area contributed by atoms with Gasteiger partial charge >= 0.3 is 0 Å². The minimum Gasteiger partial charge on any atom is -0.351 e. The molecule has 1 aromatic rings. The van der Waals surface area contributed by atoms with E-state index < -0.39 is 0 Å². The Bertz CT molecular complexity index is 426. The lowest BCUT2D eigenvalue weighted by Crippen LogP contribution is -2.47. The number of nitrogens with one attached hydrogen (secondary N) is 2. The van der Waals surface area contributed by atoms with E-state index >= 15 is 0 Å². The fraction of sp³-hybridized carbons (Fsp3) is 0.750. The highest BCUT2D eigenvalue weighted by molar-refractivity contribution is 5.76. The van der Waals surface area contributed by atoms with E-state index in [1.165, 1.54) is 0 Å². The smallest absolute Gasteiger partial charge is 0.221 e. The largest absolute Gasteiger partial charge is 0.351 e. The Morgan fingerprint density at radius 3 is 2.38 bits per heavy atom. The van der Waals surface area contributed by atoms with E-state index in [0.29, 0.717) is 13.0 Å². The average molecular weight is 294 g/mol. The highest BCUT2D eigenvalue weighted by atomic mass is 16.1. The number of amides is 1. The van der Waals surface area contributed by atoms with Crippen LogP contribution in [0.3, 0.4) is 0 Å². The number of carbonyl (C=O) groups is 1. The van der Waals surface area contributed by atoms with Crippen LogP contribution in [0.4, 0.5) is 0 Å². The Morgan fingerprint density at radius 2 is 1.90 bits per heavy atom. The van der Waals surface area contributed by atoms with Crippen LogP contribution in [-0.4, -0.2) is 33.6 Å². The molecule has 0 radical (unpaired) electrons. The van der Waals surface area contributed by atoms with E-state index in [-0.39, 0.29) is 22.9 Å². The van der Waals surface area contributed by atoms with Crippen LogP contribution in [0.1, 0.15) is 48.0 Å². The van der Waals surface area contributed by atoms with Crippen LogP contribution < -0.4 is 10.6 Å². The van der Waals surface area contributed by atoms with E-state index in [2.05, 4.69) is 57.2 Å². The van der Waals surface area contributed by atoms with Gasteiger partial charge in [0.1, 0.15) is 0 Å². The fourth-order valence-corrected chi connectivity index (χ4v) is 1.96. The lowest BCUT2D eigenvalue weighted by molar-refractivity contribution is -0.122. The minimum atomic E-state index is -0.00259. The zero-order valence-electron chi connectivity index (χ0n) is 14.2. The van der Waals surface area contributed by atoms with Crippen molar-refractivity contribution in [3.8, 4) is 0 Å². The highest BCUT2D eigenvalue weighted by Crippen LogP contribution is 2.20. The van der Waals surface area contributed by atoms with Crippen molar-refractivity contribution in [2.75, 3.05) is 6.54 Å². The number of imidazole rings is 1. The van der Waals surface area contributed by atoms with Gasteiger partial charge < -0.3 is 15.2 Å². The Labute approximate surface area is 128 Å². The van der Waals surface area contributed by atoms with Crippen LogP contribution in [0.15, 0.2) is 18.7 Å². The molecule has 0 aliphatic rings. The molecule has 0 saturated carbocycles. The molecule has 1 amide bonds. The maximum Gasteiger partial charge on any atom is 0.221 e. The van der Waals surface area contributed by atoms with Gasteiger partial charge in [-0.25, -0.2) is 4.98 Å². The first kappa shape index (κ1) is 17.7. The van der Waals surface area contributed by atoms with Gasteiger partial charge in [0, 0.05) is 37.4 Å². The number of carbonyl (C=O) groups excluding carboxylic acids is 1. The third-order valence-electron chi connectivity index (χ3n) is 3.34. The molecule has 0 bridgehead atoms. The Balaban J connectivity index is 2.51. The molecule has 1 atom stereocenters. The molecule has 0 aliphatic carbocycles. The van der Waals surface area contributed by atoms with E-state index in [0.717, 1.165) is 6.54 Å². The van der Waals surface area contributed by atoms with E-state index in [1.54, 1.807) is 12.5 Å². The van der Waals surface area contributed by atoms with Crippen molar-refractivity contribution in [2.45, 2.75) is 66.1 Å². The number of aromatic nitrogens is 2. The summed E-state index contributed by atoms with van der Waals surface area (Å²) in [6, 6.07) is 0.0776. The minimum absolute atomic E-state index is 0.00259. The summed E-state index contributed by atoms with van der Waals surface area (Å²) in [5.41, 5.74) is 0.0396. The van der Waals surface area contributed by atoms with Gasteiger partial charge in [-0.05, 0) is 26.2 Å². The van der Waals surface area contributed by atoms with Gasteiger partial charge in [-0.15, -0.1) is 0 Å². The number of nitrogens with zero attached hydrogens (tertiary/aromatic N) is 2. The standard InChI is InChI=1S/C16H30N4O/c1-15(2,3)13(11-20-10-9-17-12-20)19-14(21)7-8-18-16(4,5)6/h9-10,12-13,18H,7-8,11H2,1-6H3,(H,19,21). The molecule has 0 spiro atoms. The molecule has 1 rings (SSSR count). The quantitative estimate of drug-likeness (QED) is 0.845. The van der Waals surface area contributed by atoms with Gasteiger partial charge in [-0.3, -0.25) is 4.79 Å². The summed E-state index contributed by atoms with van der Waals surface area (Å²) >= 11 is 0. The molecule has 21 heavy (non-hydrogen) atoms. The molecular formula is C16H30N4O. The van der Waals surface area contributed by atoms with Crippen molar-refractivity contribution >= 4 is 5.91 Å². The highest BCUT2D eigenvalue weighted by Gasteiger charge is 2.26. The topological polar surface area (TPSA) is 59.0 Å². The zero-order chi connectivity index (χ0) is 16.1. The molecule has 0 aromatic carbocycles. The van der Waals surface area contributed by atoms with Crippen molar-refractivity contribution < 1.29 is 4.79 Å². The van der Waals surface area contributed by atoms with Crippen molar-refractivity contribution in [3.63, 3.8) is 0 Å². The number of rotatable bonds is 6. The van der Waals surface area contributed by atoms with Gasteiger partial charge in [0.2, 0.25) is 5.91 Å².